The molecule has 176 valence electrons. The lowest BCUT2D eigenvalue weighted by molar-refractivity contribution is -0.126. The lowest BCUT2D eigenvalue weighted by Crippen LogP contribution is -2.36. The predicted octanol–water partition coefficient (Wildman–Crippen LogP) is 5.87. The van der Waals surface area contributed by atoms with Crippen LogP contribution in [0.5, 0.6) is 0 Å². The smallest absolute Gasteiger partial charge is 0.388 e. The number of carbonyl (C=O) groups excluding carboxylic acids is 1. The number of hydrogen-bond acceptors (Lipinski definition) is 3. The molecule has 0 spiro atoms. The zero-order valence-corrected chi connectivity index (χ0v) is 18.5. The molecular formula is C24H30F4N2O2. The van der Waals surface area contributed by atoms with Crippen molar-refractivity contribution in [1.82, 2.24) is 5.32 Å². The standard InChI is InChI=1S/C24H30F4N2O2/c1-4-20(24(26,27)28)7-10-22(14-25)30-23(31)19-12-16(15-32-3)11-18(13-19)17-5-8-21(29-2)9-6-17/h4-10,14,16,18-19,29H,11-13,15H2,1-3H3,(H,30,31)/b10-7-,20-4+,22-14-. The second kappa shape index (κ2) is 11.9. The van der Waals surface area contributed by atoms with Gasteiger partial charge in [-0.2, -0.15) is 13.2 Å². The van der Waals surface area contributed by atoms with Gasteiger partial charge in [0.1, 0.15) is 6.33 Å². The van der Waals surface area contributed by atoms with Crippen LogP contribution in [0.2, 0.25) is 0 Å². The number of carbonyl (C=O) groups is 1. The normalized spacial score (nSPS) is 22.8. The van der Waals surface area contributed by atoms with Gasteiger partial charge in [-0.1, -0.05) is 18.2 Å². The monoisotopic (exact) mass is 454 g/mol. The quantitative estimate of drug-likeness (QED) is 0.382. The summed E-state index contributed by atoms with van der Waals surface area (Å²) in [4.78, 5) is 12.9. The first-order chi connectivity index (χ1) is 15.2. The molecule has 0 heterocycles. The molecule has 2 rings (SSSR count). The highest BCUT2D eigenvalue weighted by Gasteiger charge is 2.34. The summed E-state index contributed by atoms with van der Waals surface area (Å²) in [6.07, 6.45) is 0.0855. The molecule has 3 unspecified atom stereocenters. The van der Waals surface area contributed by atoms with E-state index in [-0.39, 0.29) is 23.9 Å². The van der Waals surface area contributed by atoms with Crippen molar-refractivity contribution in [1.29, 1.82) is 0 Å². The van der Waals surface area contributed by atoms with Crippen LogP contribution in [0.4, 0.5) is 23.2 Å². The van der Waals surface area contributed by atoms with Crippen LogP contribution < -0.4 is 10.6 Å². The Labute approximate surface area is 186 Å². The molecule has 2 N–H and O–H groups in total. The van der Waals surface area contributed by atoms with Crippen LogP contribution in [-0.4, -0.2) is 32.8 Å². The fourth-order valence-electron chi connectivity index (χ4n) is 4.10. The van der Waals surface area contributed by atoms with E-state index in [0.29, 0.717) is 19.4 Å². The molecule has 1 aliphatic carbocycles. The minimum absolute atomic E-state index is 0.0987. The maximum atomic E-state index is 13.3. The SMILES string of the molecule is C\C=C(/C=C\C(=C\F)NC(=O)C1CC(COC)CC(c2ccc(NC)cc2)C1)C(F)(F)F. The summed E-state index contributed by atoms with van der Waals surface area (Å²) in [6.45, 7) is 1.74. The first kappa shape index (κ1) is 25.6. The average molecular weight is 455 g/mol. The first-order valence-corrected chi connectivity index (χ1v) is 10.5. The number of halogens is 4. The van der Waals surface area contributed by atoms with Crippen molar-refractivity contribution in [3.63, 3.8) is 0 Å². The van der Waals surface area contributed by atoms with Gasteiger partial charge in [0.25, 0.3) is 0 Å². The zero-order chi connectivity index (χ0) is 23.7. The highest BCUT2D eigenvalue weighted by Crippen LogP contribution is 2.40. The topological polar surface area (TPSA) is 50.4 Å². The molecule has 1 aliphatic rings. The van der Waals surface area contributed by atoms with Gasteiger partial charge in [-0.15, -0.1) is 0 Å². The number of amides is 1. The lowest BCUT2D eigenvalue weighted by Gasteiger charge is -2.34. The van der Waals surface area contributed by atoms with E-state index < -0.39 is 23.6 Å². The molecule has 0 saturated heterocycles. The molecule has 0 radical (unpaired) electrons. The third-order valence-electron chi connectivity index (χ3n) is 5.71. The molecule has 32 heavy (non-hydrogen) atoms. The van der Waals surface area contributed by atoms with Crippen LogP contribution in [0.3, 0.4) is 0 Å². The van der Waals surface area contributed by atoms with Crippen LogP contribution in [-0.2, 0) is 9.53 Å². The Morgan fingerprint density at radius 2 is 1.84 bits per heavy atom. The highest BCUT2D eigenvalue weighted by atomic mass is 19.4. The second-order valence-electron chi connectivity index (χ2n) is 7.92. The second-order valence-corrected chi connectivity index (χ2v) is 7.92. The molecule has 0 aliphatic heterocycles. The maximum Gasteiger partial charge on any atom is 0.416 e. The van der Waals surface area contributed by atoms with Gasteiger partial charge in [0, 0.05) is 32.4 Å². The summed E-state index contributed by atoms with van der Waals surface area (Å²) in [7, 11) is 3.44. The van der Waals surface area contributed by atoms with Crippen molar-refractivity contribution in [2.45, 2.75) is 38.3 Å². The molecular weight excluding hydrogens is 424 g/mol. The summed E-state index contributed by atoms with van der Waals surface area (Å²) in [5.41, 5.74) is 0.846. The summed E-state index contributed by atoms with van der Waals surface area (Å²) < 4.78 is 57.2. The van der Waals surface area contributed by atoms with Crippen molar-refractivity contribution < 1.29 is 27.1 Å². The summed E-state index contributed by atoms with van der Waals surface area (Å²) in [6, 6.07) is 7.98. The van der Waals surface area contributed by atoms with Gasteiger partial charge in [-0.25, -0.2) is 4.39 Å². The molecule has 0 aromatic heterocycles. The van der Waals surface area contributed by atoms with E-state index in [9.17, 15) is 22.4 Å². The summed E-state index contributed by atoms with van der Waals surface area (Å²) in [5, 5.41) is 5.50. The average Bonchev–Trinajstić information content (AvgIpc) is 2.77. The minimum atomic E-state index is -4.55. The molecule has 4 nitrogen and oxygen atoms in total. The predicted molar refractivity (Wildman–Crippen MR) is 118 cm³/mol. The number of rotatable bonds is 8. The molecule has 1 fully saturated rings. The maximum absolute atomic E-state index is 13.3. The van der Waals surface area contributed by atoms with E-state index in [0.717, 1.165) is 35.9 Å². The molecule has 1 amide bonds. The molecule has 8 heteroatoms. The van der Waals surface area contributed by atoms with Crippen molar-refractivity contribution in [2.24, 2.45) is 11.8 Å². The number of ether oxygens (including phenoxy) is 1. The van der Waals surface area contributed by atoms with E-state index in [1.54, 1.807) is 7.11 Å². The van der Waals surface area contributed by atoms with E-state index >= 15 is 0 Å². The van der Waals surface area contributed by atoms with Gasteiger partial charge in [-0.3, -0.25) is 4.79 Å². The minimum Gasteiger partial charge on any atom is -0.388 e. The van der Waals surface area contributed by atoms with E-state index in [1.165, 1.54) is 6.92 Å². The Hall–Kier alpha value is -2.61. The number of benzene rings is 1. The van der Waals surface area contributed by atoms with Crippen molar-refractivity contribution in [2.75, 3.05) is 26.1 Å². The summed E-state index contributed by atoms with van der Waals surface area (Å²) in [5.74, 6) is -0.555. The number of anilines is 1. The van der Waals surface area contributed by atoms with Gasteiger partial charge in [0.15, 0.2) is 0 Å². The third-order valence-corrected chi connectivity index (χ3v) is 5.71. The van der Waals surface area contributed by atoms with Crippen molar-refractivity contribution in [3.05, 3.63) is 65.7 Å². The number of hydrogen-bond donors (Lipinski definition) is 2. The largest absolute Gasteiger partial charge is 0.416 e. The Balaban J connectivity index is 2.13. The highest BCUT2D eigenvalue weighted by molar-refractivity contribution is 5.81. The van der Waals surface area contributed by atoms with Gasteiger partial charge < -0.3 is 15.4 Å². The van der Waals surface area contributed by atoms with Gasteiger partial charge in [0.2, 0.25) is 5.91 Å². The molecule has 1 saturated carbocycles. The number of methoxy groups -OCH3 is 1. The van der Waals surface area contributed by atoms with Crippen LogP contribution >= 0.6 is 0 Å². The fourth-order valence-corrected chi connectivity index (χ4v) is 4.10. The Bertz CT molecular complexity index is 845. The lowest BCUT2D eigenvalue weighted by atomic mass is 9.72. The van der Waals surface area contributed by atoms with Gasteiger partial charge >= 0.3 is 6.18 Å². The van der Waals surface area contributed by atoms with E-state index in [1.807, 2.05) is 31.3 Å². The summed E-state index contributed by atoms with van der Waals surface area (Å²) >= 11 is 0. The van der Waals surface area contributed by atoms with Crippen LogP contribution in [0.15, 0.2) is 60.1 Å². The van der Waals surface area contributed by atoms with Crippen LogP contribution in [0, 0.1) is 11.8 Å². The van der Waals surface area contributed by atoms with E-state index in [4.69, 9.17) is 4.74 Å². The number of allylic oxidation sites excluding steroid dienone is 4. The van der Waals surface area contributed by atoms with Gasteiger partial charge in [-0.05, 0) is 67.9 Å². The van der Waals surface area contributed by atoms with Gasteiger partial charge in [0.05, 0.1) is 11.3 Å². The van der Waals surface area contributed by atoms with Crippen LogP contribution in [0.1, 0.15) is 37.7 Å². The van der Waals surface area contributed by atoms with Crippen molar-refractivity contribution >= 4 is 11.6 Å². The molecule has 1 aromatic carbocycles. The Morgan fingerprint density at radius 1 is 1.16 bits per heavy atom. The zero-order valence-electron chi connectivity index (χ0n) is 18.5. The Morgan fingerprint density at radius 3 is 2.38 bits per heavy atom. The van der Waals surface area contributed by atoms with Crippen molar-refractivity contribution in [3.8, 4) is 0 Å². The first-order valence-electron chi connectivity index (χ1n) is 10.5. The van der Waals surface area contributed by atoms with Crippen LogP contribution in [0.25, 0.3) is 0 Å². The third kappa shape index (κ3) is 7.22. The number of alkyl halides is 3. The van der Waals surface area contributed by atoms with E-state index in [2.05, 4.69) is 10.6 Å². The fraction of sp³-hybridized carbons (Fsp3) is 0.458. The Kier molecular flexibility index (Phi) is 9.50. The molecule has 0 bridgehead atoms. The number of nitrogens with one attached hydrogen (secondary N) is 2. The molecule has 3 atom stereocenters. The molecule has 1 aromatic rings.